The van der Waals surface area contributed by atoms with E-state index in [1.807, 2.05) is 0 Å². The van der Waals surface area contributed by atoms with Crippen LogP contribution in [0.1, 0.15) is 55.0 Å². The molecule has 194 valence electrons. The van der Waals surface area contributed by atoms with Crippen LogP contribution in [0.25, 0.3) is 0 Å². The summed E-state index contributed by atoms with van der Waals surface area (Å²) in [5, 5.41) is 2.83. The molecule has 1 fully saturated rings. The normalized spacial score (nSPS) is 21.3. The lowest BCUT2D eigenvalue weighted by atomic mass is 9.90. The van der Waals surface area contributed by atoms with E-state index in [0.29, 0.717) is 30.5 Å². The molecule has 1 aliphatic rings. The van der Waals surface area contributed by atoms with Gasteiger partial charge in [0.1, 0.15) is 5.54 Å². The smallest absolute Gasteiger partial charge is 0.371 e. The number of ether oxygens (including phenoxy) is 1. The van der Waals surface area contributed by atoms with Crippen LogP contribution in [0.5, 0.6) is 0 Å². The van der Waals surface area contributed by atoms with E-state index < -0.39 is 40.7 Å². The molecule has 2 aromatic rings. The topological polar surface area (TPSA) is 50.7 Å². The monoisotopic (exact) mass is 512 g/mol. The Hall–Kier alpha value is -3.14. The van der Waals surface area contributed by atoms with Crippen molar-refractivity contribution < 1.29 is 35.9 Å². The van der Waals surface area contributed by atoms with E-state index in [4.69, 9.17) is 4.74 Å². The highest BCUT2D eigenvalue weighted by Gasteiger charge is 2.38. The van der Waals surface area contributed by atoms with E-state index in [-0.39, 0.29) is 24.1 Å². The first-order valence-electron chi connectivity index (χ1n) is 11.1. The molecule has 4 nitrogen and oxygen atoms in total. The van der Waals surface area contributed by atoms with Crippen LogP contribution >= 0.6 is 0 Å². The van der Waals surface area contributed by atoms with Gasteiger partial charge in [-0.15, -0.1) is 6.58 Å². The van der Waals surface area contributed by atoms with Crippen LogP contribution in [0.15, 0.2) is 66.2 Å². The fourth-order valence-electron chi connectivity index (χ4n) is 3.88. The minimum Gasteiger partial charge on any atom is -0.371 e. The summed E-state index contributed by atoms with van der Waals surface area (Å²) in [6.45, 7) is 6.80. The Morgan fingerprint density at radius 3 is 2.11 bits per heavy atom. The van der Waals surface area contributed by atoms with Gasteiger partial charge in [0.25, 0.3) is 0 Å². The van der Waals surface area contributed by atoms with Gasteiger partial charge in [0.15, 0.2) is 0 Å². The number of carbonyl (C=O) groups is 1. The minimum atomic E-state index is -4.96. The number of rotatable bonds is 8. The zero-order valence-corrected chi connectivity index (χ0v) is 19.7. The Morgan fingerprint density at radius 2 is 1.64 bits per heavy atom. The highest BCUT2D eigenvalue weighted by atomic mass is 19.4. The number of halogens is 6. The summed E-state index contributed by atoms with van der Waals surface area (Å²) in [6, 6.07) is 10.2. The van der Waals surface area contributed by atoms with Gasteiger partial charge in [-0.05, 0) is 49.6 Å². The van der Waals surface area contributed by atoms with E-state index in [2.05, 4.69) is 16.9 Å². The molecule has 1 heterocycles. The average molecular weight is 512 g/mol. The molecular formula is C26H26F6N2O2. The molecule has 10 heteroatoms. The number of benzene rings is 2. The molecule has 2 aromatic carbocycles. The molecule has 1 N–H and O–H groups in total. The fraction of sp³-hybridized carbons (Fsp3) is 0.385. The lowest BCUT2D eigenvalue weighted by Gasteiger charge is -2.30. The maximum atomic E-state index is 13.3. The molecule has 0 aliphatic carbocycles. The number of nitrogens with one attached hydrogen (secondary N) is 1. The third-order valence-corrected chi connectivity index (χ3v) is 6.12. The van der Waals surface area contributed by atoms with Gasteiger partial charge in [-0.1, -0.05) is 36.4 Å². The maximum Gasteiger partial charge on any atom is 0.416 e. The Bertz CT molecular complexity index is 1100. The standard InChI is InChI=1S/C26H26F6N2O2/c1-4-24(19-8-6-5-7-9-19,33-15-23(3)11-10-22(35)34-23)16-36-17(2)18-12-20(25(27,28)29)14-21(13-18)26(30,31)32/h4-9,12-15,17H,1,10-11,16H2,2-3H3,(H,34,35)/t17-,23+,24-/m1/s1. The molecule has 36 heavy (non-hydrogen) atoms. The van der Waals surface area contributed by atoms with Crippen LogP contribution in [0.4, 0.5) is 26.3 Å². The van der Waals surface area contributed by atoms with Gasteiger partial charge >= 0.3 is 12.4 Å². The molecule has 0 aromatic heterocycles. The van der Waals surface area contributed by atoms with Crippen molar-refractivity contribution in [3.05, 3.63) is 83.4 Å². The van der Waals surface area contributed by atoms with Crippen molar-refractivity contribution in [2.24, 2.45) is 4.99 Å². The highest BCUT2D eigenvalue weighted by molar-refractivity contribution is 5.87. The quantitative estimate of drug-likeness (QED) is 0.246. The van der Waals surface area contributed by atoms with E-state index in [0.717, 1.165) is 0 Å². The highest BCUT2D eigenvalue weighted by Crippen LogP contribution is 2.38. The summed E-state index contributed by atoms with van der Waals surface area (Å²) in [5.41, 5.74) is -4.37. The number of amides is 1. The maximum absolute atomic E-state index is 13.3. The van der Waals surface area contributed by atoms with Crippen LogP contribution < -0.4 is 5.32 Å². The Labute approximate surface area is 205 Å². The fourth-order valence-corrected chi connectivity index (χ4v) is 3.88. The van der Waals surface area contributed by atoms with Crippen LogP contribution in [0.2, 0.25) is 0 Å². The SMILES string of the molecule is C=C[C@](CO[C@H](C)c1cc(C(F)(F)F)cc(C(F)(F)F)c1)(N=C[C@]1(C)CCC(=O)N1)c1ccccc1. The number of aliphatic imine (C=N–C) groups is 1. The molecule has 1 saturated heterocycles. The molecule has 0 saturated carbocycles. The number of nitrogens with zero attached hydrogens (tertiary/aromatic N) is 1. The van der Waals surface area contributed by atoms with E-state index >= 15 is 0 Å². The number of hydrogen-bond acceptors (Lipinski definition) is 3. The van der Waals surface area contributed by atoms with Crippen molar-refractivity contribution in [3.63, 3.8) is 0 Å². The molecule has 3 atom stereocenters. The lowest BCUT2D eigenvalue weighted by Crippen LogP contribution is -2.41. The number of hydrogen-bond donors (Lipinski definition) is 1. The van der Waals surface area contributed by atoms with E-state index in [9.17, 15) is 31.1 Å². The van der Waals surface area contributed by atoms with E-state index in [1.165, 1.54) is 13.0 Å². The summed E-state index contributed by atoms with van der Waals surface area (Å²) in [4.78, 5) is 16.4. The second kappa shape index (κ2) is 10.1. The van der Waals surface area contributed by atoms with Crippen molar-refractivity contribution >= 4 is 12.1 Å². The van der Waals surface area contributed by atoms with Crippen molar-refractivity contribution in [3.8, 4) is 0 Å². The number of alkyl halides is 6. The summed E-state index contributed by atoms with van der Waals surface area (Å²) in [5.74, 6) is -0.122. The number of carbonyl (C=O) groups excluding carboxylic acids is 1. The molecule has 0 unspecified atom stereocenters. The second-order valence-corrected chi connectivity index (χ2v) is 9.01. The van der Waals surface area contributed by atoms with Crippen molar-refractivity contribution in [2.75, 3.05) is 6.61 Å². The van der Waals surface area contributed by atoms with Gasteiger partial charge in [0.2, 0.25) is 5.91 Å². The summed E-state index contributed by atoms with van der Waals surface area (Å²) < 4.78 is 85.6. The minimum absolute atomic E-state index is 0.0785. The molecule has 1 amide bonds. The summed E-state index contributed by atoms with van der Waals surface area (Å²) in [7, 11) is 0. The van der Waals surface area contributed by atoms with Gasteiger partial charge in [0, 0.05) is 12.6 Å². The lowest BCUT2D eigenvalue weighted by molar-refractivity contribution is -0.143. The second-order valence-electron chi connectivity index (χ2n) is 9.01. The predicted octanol–water partition coefficient (Wildman–Crippen LogP) is 6.62. The molecule has 0 spiro atoms. The van der Waals surface area contributed by atoms with Gasteiger partial charge in [-0.25, -0.2) is 0 Å². The Morgan fingerprint density at radius 1 is 1.06 bits per heavy atom. The summed E-state index contributed by atoms with van der Waals surface area (Å²) in [6.07, 6.45) is -7.13. The van der Waals surface area contributed by atoms with Gasteiger partial charge in [-0.2, -0.15) is 26.3 Å². The summed E-state index contributed by atoms with van der Waals surface area (Å²) >= 11 is 0. The molecule has 3 rings (SSSR count). The third-order valence-electron chi connectivity index (χ3n) is 6.12. The molecule has 0 radical (unpaired) electrons. The van der Waals surface area contributed by atoms with Crippen molar-refractivity contribution in [1.29, 1.82) is 0 Å². The van der Waals surface area contributed by atoms with Gasteiger partial charge in [-0.3, -0.25) is 9.79 Å². The van der Waals surface area contributed by atoms with Crippen LogP contribution in [-0.4, -0.2) is 24.3 Å². The molecule has 1 aliphatic heterocycles. The van der Waals surface area contributed by atoms with Gasteiger partial charge < -0.3 is 10.1 Å². The average Bonchev–Trinajstić information content (AvgIpc) is 3.17. The first-order chi connectivity index (χ1) is 16.7. The third kappa shape index (κ3) is 6.34. The Balaban J connectivity index is 1.95. The predicted molar refractivity (Wildman–Crippen MR) is 123 cm³/mol. The largest absolute Gasteiger partial charge is 0.416 e. The van der Waals surface area contributed by atoms with Crippen LogP contribution in [0.3, 0.4) is 0 Å². The first-order valence-corrected chi connectivity index (χ1v) is 11.1. The van der Waals surface area contributed by atoms with Gasteiger partial charge in [0.05, 0.1) is 29.4 Å². The zero-order valence-electron chi connectivity index (χ0n) is 19.7. The first kappa shape index (κ1) is 27.4. The van der Waals surface area contributed by atoms with Crippen molar-refractivity contribution in [1.82, 2.24) is 5.32 Å². The van der Waals surface area contributed by atoms with Crippen LogP contribution in [0, 0.1) is 0 Å². The van der Waals surface area contributed by atoms with E-state index in [1.54, 1.807) is 43.5 Å². The van der Waals surface area contributed by atoms with Crippen molar-refractivity contribution in [2.45, 2.75) is 56.2 Å². The molecule has 0 bridgehead atoms. The van der Waals surface area contributed by atoms with Crippen LogP contribution in [-0.2, 0) is 27.4 Å². The molecular weight excluding hydrogens is 486 g/mol. The zero-order chi connectivity index (χ0) is 26.8. The Kier molecular flexibility index (Phi) is 7.69.